The summed E-state index contributed by atoms with van der Waals surface area (Å²) in [7, 11) is 1.57. The topological polar surface area (TPSA) is 76.1 Å². The van der Waals surface area contributed by atoms with Gasteiger partial charge in [0.15, 0.2) is 0 Å². The number of nitrogens with one attached hydrogen (secondary N) is 2. The highest BCUT2D eigenvalue weighted by Crippen LogP contribution is 2.20. The molecule has 2 aromatic carbocycles. The van der Waals surface area contributed by atoms with Crippen LogP contribution >= 0.6 is 0 Å². The third kappa shape index (κ3) is 3.92. The van der Waals surface area contributed by atoms with Crippen molar-refractivity contribution in [1.82, 2.24) is 9.97 Å². The van der Waals surface area contributed by atoms with Crippen molar-refractivity contribution in [3.05, 3.63) is 72.1 Å². The second-order valence-corrected chi connectivity index (χ2v) is 5.20. The summed E-state index contributed by atoms with van der Waals surface area (Å²) in [6, 6.07) is 10.4. The molecule has 0 unspecified atom stereocenters. The van der Waals surface area contributed by atoms with Gasteiger partial charge < -0.3 is 15.4 Å². The highest BCUT2D eigenvalue weighted by Gasteiger charge is 2.14. The molecule has 0 atom stereocenters. The molecule has 0 fully saturated rings. The zero-order valence-corrected chi connectivity index (χ0v) is 13.7. The first kappa shape index (κ1) is 17.3. The van der Waals surface area contributed by atoms with E-state index < -0.39 is 23.2 Å². The number of hydrogen-bond acceptors (Lipinski definition) is 5. The first-order valence-electron chi connectivity index (χ1n) is 7.55. The van der Waals surface area contributed by atoms with Gasteiger partial charge in [0.2, 0.25) is 5.95 Å². The number of anilines is 3. The fourth-order valence-corrected chi connectivity index (χ4v) is 2.12. The molecule has 3 rings (SSSR count). The molecular weight excluding hydrogens is 342 g/mol. The van der Waals surface area contributed by atoms with Crippen molar-refractivity contribution < 1.29 is 18.3 Å². The van der Waals surface area contributed by atoms with Gasteiger partial charge in [0.1, 0.15) is 23.1 Å². The largest absolute Gasteiger partial charge is 0.497 e. The average Bonchev–Trinajstić information content (AvgIpc) is 2.66. The molecule has 0 bridgehead atoms. The minimum absolute atomic E-state index is 0.0629. The Kier molecular flexibility index (Phi) is 5.02. The molecule has 132 valence electrons. The van der Waals surface area contributed by atoms with Crippen LogP contribution in [0.4, 0.5) is 26.1 Å². The summed E-state index contributed by atoms with van der Waals surface area (Å²) in [5.41, 5.74) is 0.280. The maximum absolute atomic E-state index is 13.6. The van der Waals surface area contributed by atoms with E-state index in [1.807, 2.05) is 0 Å². The summed E-state index contributed by atoms with van der Waals surface area (Å²) in [5.74, 6) is -1.47. The molecule has 0 aliphatic carbocycles. The molecule has 1 aromatic heterocycles. The van der Waals surface area contributed by atoms with E-state index in [1.54, 1.807) is 31.4 Å². The van der Waals surface area contributed by atoms with Gasteiger partial charge in [0.25, 0.3) is 5.91 Å². The maximum Gasteiger partial charge on any atom is 0.258 e. The Hall–Kier alpha value is -3.55. The van der Waals surface area contributed by atoms with Crippen molar-refractivity contribution in [2.45, 2.75) is 0 Å². The normalized spacial score (nSPS) is 10.3. The van der Waals surface area contributed by atoms with E-state index in [4.69, 9.17) is 4.74 Å². The van der Waals surface area contributed by atoms with Gasteiger partial charge in [-0.05, 0) is 36.4 Å². The van der Waals surface area contributed by atoms with Gasteiger partial charge in [-0.1, -0.05) is 6.07 Å². The molecule has 1 heterocycles. The Bertz CT molecular complexity index is 895. The fourth-order valence-electron chi connectivity index (χ4n) is 2.12. The van der Waals surface area contributed by atoms with E-state index in [0.717, 1.165) is 17.8 Å². The van der Waals surface area contributed by atoms with Crippen LogP contribution in [0.15, 0.2) is 54.9 Å². The van der Waals surface area contributed by atoms with Crippen LogP contribution in [0.5, 0.6) is 5.75 Å². The number of nitrogens with zero attached hydrogens (tertiary/aromatic N) is 2. The number of ether oxygens (including phenoxy) is 1. The SMILES string of the molecule is COc1ccc(Nc2ncc(C(=O)Nc3c(F)cccc3F)cn2)cc1. The fraction of sp³-hybridized carbons (Fsp3) is 0.0556. The van der Waals surface area contributed by atoms with E-state index in [-0.39, 0.29) is 11.5 Å². The van der Waals surface area contributed by atoms with Crippen molar-refractivity contribution in [3.8, 4) is 5.75 Å². The Morgan fingerprint density at radius 2 is 1.62 bits per heavy atom. The molecule has 0 aliphatic rings. The monoisotopic (exact) mass is 356 g/mol. The number of methoxy groups -OCH3 is 1. The number of carbonyl (C=O) groups is 1. The smallest absolute Gasteiger partial charge is 0.258 e. The molecule has 0 radical (unpaired) electrons. The lowest BCUT2D eigenvalue weighted by Crippen LogP contribution is -2.15. The molecule has 3 aromatic rings. The number of aromatic nitrogens is 2. The van der Waals surface area contributed by atoms with Crippen molar-refractivity contribution in [2.24, 2.45) is 0 Å². The minimum Gasteiger partial charge on any atom is -0.497 e. The molecule has 0 spiro atoms. The standard InChI is InChI=1S/C18H14F2N4O2/c1-26-13-7-5-12(6-8-13)23-18-21-9-11(10-22-18)17(25)24-16-14(19)3-2-4-15(16)20/h2-10H,1H3,(H,24,25)(H,21,22,23). The van der Waals surface area contributed by atoms with Crippen molar-refractivity contribution >= 4 is 23.2 Å². The predicted octanol–water partition coefficient (Wildman–Crippen LogP) is 3.76. The van der Waals surface area contributed by atoms with Crippen molar-refractivity contribution in [3.63, 3.8) is 0 Å². The minimum atomic E-state index is -0.864. The zero-order chi connectivity index (χ0) is 18.5. The maximum atomic E-state index is 13.6. The van der Waals surface area contributed by atoms with E-state index in [1.165, 1.54) is 18.5 Å². The van der Waals surface area contributed by atoms with Gasteiger partial charge in [0, 0.05) is 18.1 Å². The summed E-state index contributed by atoms with van der Waals surface area (Å²) < 4.78 is 32.2. The van der Waals surface area contributed by atoms with Crippen LogP contribution in [-0.2, 0) is 0 Å². The molecule has 8 heteroatoms. The van der Waals surface area contributed by atoms with Crippen LogP contribution in [0, 0.1) is 11.6 Å². The third-order valence-electron chi connectivity index (χ3n) is 3.46. The Labute approximate surface area is 147 Å². The number of benzene rings is 2. The van der Waals surface area contributed by atoms with Crippen LogP contribution in [0.2, 0.25) is 0 Å². The van der Waals surface area contributed by atoms with Gasteiger partial charge in [-0.2, -0.15) is 0 Å². The first-order valence-corrected chi connectivity index (χ1v) is 7.55. The Balaban J connectivity index is 1.69. The molecule has 0 saturated heterocycles. The van der Waals surface area contributed by atoms with E-state index in [2.05, 4.69) is 20.6 Å². The highest BCUT2D eigenvalue weighted by atomic mass is 19.1. The third-order valence-corrected chi connectivity index (χ3v) is 3.46. The molecule has 0 saturated carbocycles. The van der Waals surface area contributed by atoms with Gasteiger partial charge in [-0.25, -0.2) is 18.7 Å². The lowest BCUT2D eigenvalue weighted by atomic mass is 10.2. The van der Waals surface area contributed by atoms with Gasteiger partial charge in [0.05, 0.1) is 12.7 Å². The van der Waals surface area contributed by atoms with Crippen LogP contribution < -0.4 is 15.4 Å². The Morgan fingerprint density at radius 3 is 2.19 bits per heavy atom. The average molecular weight is 356 g/mol. The quantitative estimate of drug-likeness (QED) is 0.728. The summed E-state index contributed by atoms with van der Waals surface area (Å²) in [5, 5.41) is 5.13. The summed E-state index contributed by atoms with van der Waals surface area (Å²) in [4.78, 5) is 20.1. The predicted molar refractivity (Wildman–Crippen MR) is 92.6 cm³/mol. The van der Waals surface area contributed by atoms with Gasteiger partial charge >= 0.3 is 0 Å². The van der Waals surface area contributed by atoms with Crippen LogP contribution in [0.1, 0.15) is 10.4 Å². The van der Waals surface area contributed by atoms with Gasteiger partial charge in [-0.15, -0.1) is 0 Å². The van der Waals surface area contributed by atoms with E-state index in [9.17, 15) is 13.6 Å². The summed E-state index contributed by atoms with van der Waals surface area (Å²) >= 11 is 0. The van der Waals surface area contributed by atoms with Crippen LogP contribution in [0.25, 0.3) is 0 Å². The number of carbonyl (C=O) groups excluding carboxylic acids is 1. The number of para-hydroxylation sites is 1. The summed E-state index contributed by atoms with van der Waals surface area (Å²) in [6.45, 7) is 0. The molecule has 26 heavy (non-hydrogen) atoms. The van der Waals surface area contributed by atoms with Crippen molar-refractivity contribution in [1.29, 1.82) is 0 Å². The van der Waals surface area contributed by atoms with Gasteiger partial charge in [-0.3, -0.25) is 4.79 Å². The Morgan fingerprint density at radius 1 is 1.00 bits per heavy atom. The first-order chi connectivity index (χ1) is 12.6. The second kappa shape index (κ2) is 7.56. The van der Waals surface area contributed by atoms with Crippen molar-refractivity contribution in [2.75, 3.05) is 17.7 Å². The van der Waals surface area contributed by atoms with E-state index in [0.29, 0.717) is 5.75 Å². The van der Waals surface area contributed by atoms with Crippen LogP contribution in [-0.4, -0.2) is 23.0 Å². The number of rotatable bonds is 5. The molecule has 1 amide bonds. The van der Waals surface area contributed by atoms with Crippen LogP contribution in [0.3, 0.4) is 0 Å². The zero-order valence-electron chi connectivity index (χ0n) is 13.7. The number of hydrogen-bond donors (Lipinski definition) is 2. The molecule has 6 nitrogen and oxygen atoms in total. The number of halogens is 2. The molecular formula is C18H14F2N4O2. The lowest BCUT2D eigenvalue weighted by Gasteiger charge is -2.08. The number of amides is 1. The highest BCUT2D eigenvalue weighted by molar-refractivity contribution is 6.04. The molecule has 0 aliphatic heterocycles. The second-order valence-electron chi connectivity index (χ2n) is 5.20. The molecule has 2 N–H and O–H groups in total. The van der Waals surface area contributed by atoms with E-state index >= 15 is 0 Å². The summed E-state index contributed by atoms with van der Waals surface area (Å²) in [6.07, 6.45) is 2.51. The lowest BCUT2D eigenvalue weighted by molar-refractivity contribution is 0.102.